The van der Waals surface area contributed by atoms with Crippen LogP contribution in [0.25, 0.3) is 0 Å². The number of urea groups is 1. The van der Waals surface area contributed by atoms with Crippen molar-refractivity contribution in [2.75, 3.05) is 0 Å². The minimum atomic E-state index is -2.85. The van der Waals surface area contributed by atoms with Crippen molar-refractivity contribution < 1.29 is 22.8 Å². The molecule has 1 aromatic heterocycles. The van der Waals surface area contributed by atoms with Gasteiger partial charge >= 0.3 is 12.6 Å². The summed E-state index contributed by atoms with van der Waals surface area (Å²) < 4.78 is 34.0. The number of hydrogen-bond acceptors (Lipinski definition) is 4. The fourth-order valence-electron chi connectivity index (χ4n) is 3.00. The number of nitrogens with zero attached hydrogens (tertiary/aromatic N) is 1. The molecule has 0 bridgehead atoms. The van der Waals surface area contributed by atoms with Gasteiger partial charge in [-0.05, 0) is 49.4 Å². The van der Waals surface area contributed by atoms with Crippen molar-refractivity contribution in [1.82, 2.24) is 15.8 Å². The fourth-order valence-corrected chi connectivity index (χ4v) is 3.00. The molecular formula is C17H19F2N3O3. The molecule has 25 heavy (non-hydrogen) atoms. The maximum atomic E-state index is 12.3. The molecule has 0 saturated carbocycles. The lowest BCUT2D eigenvalue weighted by molar-refractivity contribution is -0.0499. The van der Waals surface area contributed by atoms with Crippen LogP contribution in [0.2, 0.25) is 0 Å². The number of aromatic nitrogens is 1. The fraction of sp³-hybridized carbons (Fsp3) is 0.412. The second-order valence-electron chi connectivity index (χ2n) is 5.94. The summed E-state index contributed by atoms with van der Waals surface area (Å²) in [6.07, 6.45) is 2.42. The van der Waals surface area contributed by atoms with Gasteiger partial charge in [-0.2, -0.15) is 8.78 Å². The summed E-state index contributed by atoms with van der Waals surface area (Å²) in [4.78, 5) is 12.1. The minimum Gasteiger partial charge on any atom is -0.435 e. The van der Waals surface area contributed by atoms with Crippen molar-refractivity contribution in [1.29, 1.82) is 0 Å². The number of rotatable bonds is 5. The molecule has 0 unspecified atom stereocenters. The number of carbonyl (C=O) groups excluding carboxylic acids is 1. The molecule has 1 aliphatic rings. The van der Waals surface area contributed by atoms with Crippen molar-refractivity contribution in [3.8, 4) is 5.75 Å². The monoisotopic (exact) mass is 351 g/mol. The molecule has 0 aliphatic heterocycles. The van der Waals surface area contributed by atoms with E-state index in [2.05, 4.69) is 20.5 Å². The lowest BCUT2D eigenvalue weighted by Gasteiger charge is -2.27. The summed E-state index contributed by atoms with van der Waals surface area (Å²) in [6, 6.07) is 6.13. The number of carbonyl (C=O) groups is 1. The van der Waals surface area contributed by atoms with Gasteiger partial charge in [-0.3, -0.25) is 0 Å². The lowest BCUT2D eigenvalue weighted by atomic mass is 9.87. The van der Waals surface area contributed by atoms with Crippen LogP contribution < -0.4 is 15.4 Å². The van der Waals surface area contributed by atoms with Gasteiger partial charge in [0, 0.05) is 6.07 Å². The Labute approximate surface area is 143 Å². The van der Waals surface area contributed by atoms with Gasteiger partial charge in [-0.25, -0.2) is 4.79 Å². The van der Waals surface area contributed by atoms with E-state index in [1.54, 1.807) is 25.1 Å². The van der Waals surface area contributed by atoms with E-state index in [0.717, 1.165) is 30.4 Å². The Kier molecular flexibility index (Phi) is 5.16. The van der Waals surface area contributed by atoms with Crippen LogP contribution in [0.1, 0.15) is 41.5 Å². The summed E-state index contributed by atoms with van der Waals surface area (Å²) in [5, 5.41) is 9.46. The van der Waals surface area contributed by atoms with E-state index in [4.69, 9.17) is 4.52 Å². The Balaban J connectivity index is 1.61. The van der Waals surface area contributed by atoms with Crippen LogP contribution in [-0.2, 0) is 13.0 Å². The molecule has 0 spiro atoms. The zero-order valence-electron chi connectivity index (χ0n) is 13.7. The molecule has 8 heteroatoms. The first-order valence-electron chi connectivity index (χ1n) is 8.05. The predicted octanol–water partition coefficient (Wildman–Crippen LogP) is 3.46. The van der Waals surface area contributed by atoms with Crippen LogP contribution in [0.5, 0.6) is 5.75 Å². The number of amides is 2. The number of aryl methyl sites for hydroxylation is 2. The molecule has 1 aliphatic carbocycles. The number of alkyl halides is 2. The summed E-state index contributed by atoms with van der Waals surface area (Å²) in [6.45, 7) is -0.799. The van der Waals surface area contributed by atoms with Crippen molar-refractivity contribution >= 4 is 6.03 Å². The van der Waals surface area contributed by atoms with Gasteiger partial charge in [0.15, 0.2) is 0 Å². The van der Waals surface area contributed by atoms with Crippen molar-refractivity contribution in [2.45, 2.75) is 45.4 Å². The topological polar surface area (TPSA) is 76.4 Å². The van der Waals surface area contributed by atoms with Gasteiger partial charge in [-0.1, -0.05) is 11.2 Å². The summed E-state index contributed by atoms with van der Waals surface area (Å²) >= 11 is 0. The van der Waals surface area contributed by atoms with Crippen LogP contribution in [0, 0.1) is 6.92 Å². The molecule has 1 heterocycles. The average molecular weight is 351 g/mol. The van der Waals surface area contributed by atoms with Crippen LogP contribution in [-0.4, -0.2) is 17.8 Å². The average Bonchev–Trinajstić information content (AvgIpc) is 2.98. The molecule has 134 valence electrons. The molecular weight excluding hydrogens is 332 g/mol. The quantitative estimate of drug-likeness (QED) is 0.865. The highest BCUT2D eigenvalue weighted by molar-refractivity contribution is 5.74. The molecule has 6 nitrogen and oxygen atoms in total. The van der Waals surface area contributed by atoms with E-state index in [-0.39, 0.29) is 24.4 Å². The first-order valence-corrected chi connectivity index (χ1v) is 8.05. The van der Waals surface area contributed by atoms with Gasteiger partial charge in [0.25, 0.3) is 0 Å². The highest BCUT2D eigenvalue weighted by atomic mass is 19.3. The first kappa shape index (κ1) is 17.2. The third-order valence-electron chi connectivity index (χ3n) is 4.07. The van der Waals surface area contributed by atoms with Gasteiger partial charge in [-0.15, -0.1) is 0 Å². The van der Waals surface area contributed by atoms with Gasteiger partial charge in [0.05, 0.1) is 12.6 Å². The first-order chi connectivity index (χ1) is 12.0. The number of hydrogen-bond donors (Lipinski definition) is 2. The van der Waals surface area contributed by atoms with E-state index in [0.29, 0.717) is 11.5 Å². The summed E-state index contributed by atoms with van der Waals surface area (Å²) in [5.41, 5.74) is 2.49. The van der Waals surface area contributed by atoms with E-state index >= 15 is 0 Å². The second-order valence-corrected chi connectivity index (χ2v) is 5.94. The normalized spacial score (nSPS) is 16.4. The third-order valence-corrected chi connectivity index (χ3v) is 4.07. The summed E-state index contributed by atoms with van der Waals surface area (Å²) in [5.74, 6) is 0.820. The standard InChI is InChI=1S/C17H19F2N3O3/c1-10-7-12(22-25-10)9-20-17(23)21-15-4-2-3-11-8-13(24-16(18)19)5-6-14(11)15/h5-8,15-16H,2-4,9H2,1H3,(H2,20,21,23)/t15-/m0/s1. The van der Waals surface area contributed by atoms with Gasteiger partial charge in [0.2, 0.25) is 0 Å². The van der Waals surface area contributed by atoms with Crippen LogP contribution in [0.3, 0.4) is 0 Å². The molecule has 2 N–H and O–H groups in total. The van der Waals surface area contributed by atoms with Gasteiger partial charge in [0.1, 0.15) is 17.2 Å². The third kappa shape index (κ3) is 4.46. The molecule has 1 atom stereocenters. The number of fused-ring (bicyclic) bond motifs is 1. The van der Waals surface area contributed by atoms with E-state index in [1.807, 2.05) is 0 Å². The molecule has 3 rings (SSSR count). The molecule has 0 radical (unpaired) electrons. The van der Waals surface area contributed by atoms with Crippen LogP contribution >= 0.6 is 0 Å². The molecule has 2 aromatic rings. The number of halogens is 2. The van der Waals surface area contributed by atoms with E-state index in [1.165, 1.54) is 6.07 Å². The summed E-state index contributed by atoms with van der Waals surface area (Å²) in [7, 11) is 0. The van der Waals surface area contributed by atoms with Gasteiger partial charge < -0.3 is 19.9 Å². The highest BCUT2D eigenvalue weighted by Crippen LogP contribution is 2.32. The zero-order chi connectivity index (χ0) is 17.8. The van der Waals surface area contributed by atoms with Crippen molar-refractivity contribution in [2.24, 2.45) is 0 Å². The Bertz CT molecular complexity index is 748. The smallest absolute Gasteiger partial charge is 0.387 e. The van der Waals surface area contributed by atoms with Crippen molar-refractivity contribution in [3.05, 3.63) is 46.8 Å². The van der Waals surface area contributed by atoms with Crippen LogP contribution in [0.4, 0.5) is 13.6 Å². The molecule has 0 fully saturated rings. The van der Waals surface area contributed by atoms with Crippen LogP contribution in [0.15, 0.2) is 28.8 Å². The van der Waals surface area contributed by atoms with E-state index in [9.17, 15) is 13.6 Å². The largest absolute Gasteiger partial charge is 0.435 e. The maximum Gasteiger partial charge on any atom is 0.387 e. The number of ether oxygens (including phenoxy) is 1. The number of nitrogens with one attached hydrogen (secondary N) is 2. The Morgan fingerprint density at radius 1 is 1.44 bits per heavy atom. The second kappa shape index (κ2) is 7.50. The Morgan fingerprint density at radius 3 is 3.00 bits per heavy atom. The molecule has 0 saturated heterocycles. The number of benzene rings is 1. The molecule has 2 amide bonds. The predicted molar refractivity (Wildman–Crippen MR) is 85.4 cm³/mol. The maximum absolute atomic E-state index is 12.3. The molecule has 1 aromatic carbocycles. The van der Waals surface area contributed by atoms with E-state index < -0.39 is 6.61 Å². The SMILES string of the molecule is Cc1cc(CNC(=O)N[C@H]2CCCc3cc(OC(F)F)ccc32)no1. The Hall–Kier alpha value is -2.64. The Morgan fingerprint density at radius 2 is 2.28 bits per heavy atom. The minimum absolute atomic E-state index is 0.139. The lowest BCUT2D eigenvalue weighted by Crippen LogP contribution is -2.38. The zero-order valence-corrected chi connectivity index (χ0v) is 13.7. The van der Waals surface area contributed by atoms with Crippen molar-refractivity contribution in [3.63, 3.8) is 0 Å². The highest BCUT2D eigenvalue weighted by Gasteiger charge is 2.22.